The zero-order valence-electron chi connectivity index (χ0n) is 10.7. The lowest BCUT2D eigenvalue weighted by Crippen LogP contribution is -1.96. The van der Waals surface area contributed by atoms with Crippen molar-refractivity contribution in [3.8, 4) is 0 Å². The summed E-state index contributed by atoms with van der Waals surface area (Å²) < 4.78 is 29.7. The molecule has 0 amide bonds. The molecule has 0 saturated carbocycles. The molecular weight excluding hydrogens is 268 g/mol. The van der Waals surface area contributed by atoms with Crippen LogP contribution in [0.15, 0.2) is 47.4 Å². The van der Waals surface area contributed by atoms with Gasteiger partial charge in [-0.15, -0.1) is 0 Å². The molecule has 0 spiro atoms. The van der Waals surface area contributed by atoms with E-state index in [1.165, 1.54) is 12.1 Å². The molecule has 19 heavy (non-hydrogen) atoms. The quantitative estimate of drug-likeness (QED) is 0.657. The summed E-state index contributed by atoms with van der Waals surface area (Å²) >= 11 is 0. The molecule has 0 aliphatic heterocycles. The summed E-state index contributed by atoms with van der Waals surface area (Å²) in [4.78, 5) is 9.76. The van der Waals surface area contributed by atoms with E-state index in [1.54, 1.807) is 38.1 Å². The van der Waals surface area contributed by atoms with Gasteiger partial charge in [-0.25, -0.2) is 4.79 Å². The number of carboxylic acids is 1. The van der Waals surface area contributed by atoms with Gasteiger partial charge in [-0.3, -0.25) is 4.55 Å². The minimum Gasteiger partial charge on any atom is -0.478 e. The molecule has 0 atom stereocenters. The van der Waals surface area contributed by atoms with E-state index in [1.807, 2.05) is 0 Å². The fourth-order valence-corrected chi connectivity index (χ4v) is 1.38. The number of hydrogen-bond acceptors (Lipinski definition) is 3. The monoisotopic (exact) mass is 284 g/mol. The lowest BCUT2D eigenvalue weighted by atomic mass is 10.2. The summed E-state index contributed by atoms with van der Waals surface area (Å²) in [6, 6.07) is 5.78. The van der Waals surface area contributed by atoms with Crippen molar-refractivity contribution in [3.05, 3.63) is 48.1 Å². The third-order valence-electron chi connectivity index (χ3n) is 2.18. The van der Waals surface area contributed by atoms with Gasteiger partial charge >= 0.3 is 5.97 Å². The number of benzene rings is 1. The van der Waals surface area contributed by atoms with Gasteiger partial charge < -0.3 is 5.11 Å². The van der Waals surface area contributed by atoms with Crippen molar-refractivity contribution in [1.82, 2.24) is 0 Å². The summed E-state index contributed by atoms with van der Waals surface area (Å²) in [6.45, 7) is 6.77. The molecule has 0 aromatic heterocycles. The van der Waals surface area contributed by atoms with Crippen molar-refractivity contribution >= 4 is 22.2 Å². The average molecular weight is 284 g/mol. The first-order chi connectivity index (χ1) is 8.72. The van der Waals surface area contributed by atoms with E-state index in [4.69, 9.17) is 9.66 Å². The minimum absolute atomic E-state index is 0.104. The molecule has 1 aromatic rings. The maximum absolute atomic E-state index is 10.6. The van der Waals surface area contributed by atoms with Crippen LogP contribution in [-0.2, 0) is 14.9 Å². The van der Waals surface area contributed by atoms with Crippen LogP contribution >= 0.6 is 0 Å². The van der Waals surface area contributed by atoms with Crippen LogP contribution in [0.2, 0.25) is 0 Å². The van der Waals surface area contributed by atoms with E-state index in [2.05, 4.69) is 6.58 Å². The third-order valence-corrected chi connectivity index (χ3v) is 3.05. The molecule has 1 aromatic carbocycles. The van der Waals surface area contributed by atoms with E-state index in [9.17, 15) is 13.2 Å². The third kappa shape index (κ3) is 6.54. The first-order valence-electron chi connectivity index (χ1n) is 5.28. The van der Waals surface area contributed by atoms with Crippen LogP contribution in [0.4, 0.5) is 0 Å². The van der Waals surface area contributed by atoms with Crippen molar-refractivity contribution in [2.24, 2.45) is 0 Å². The van der Waals surface area contributed by atoms with E-state index in [0.29, 0.717) is 5.57 Å². The number of carbonyl (C=O) groups is 1. The summed E-state index contributed by atoms with van der Waals surface area (Å²) in [5.74, 6) is -0.845. The Balaban J connectivity index is 0.000000399. The van der Waals surface area contributed by atoms with Gasteiger partial charge in [0.05, 0.1) is 4.90 Å². The molecule has 0 unspecified atom stereocenters. The average Bonchev–Trinajstić information content (AvgIpc) is 2.37. The molecule has 0 bridgehead atoms. The van der Waals surface area contributed by atoms with Gasteiger partial charge in [0, 0.05) is 5.57 Å². The molecule has 5 nitrogen and oxygen atoms in total. The smallest absolute Gasteiger partial charge is 0.330 e. The second-order valence-electron chi connectivity index (χ2n) is 3.53. The van der Waals surface area contributed by atoms with Gasteiger partial charge in [-0.1, -0.05) is 30.9 Å². The molecule has 0 aliphatic rings. The SMILES string of the molecule is C/C=C(\C)C(=O)O.C=Cc1ccc(S(=O)(=O)O)cc1. The first kappa shape index (κ1) is 17.1. The fourth-order valence-electron chi connectivity index (χ4n) is 0.899. The lowest BCUT2D eigenvalue weighted by Gasteiger charge is -1.96. The Morgan fingerprint density at radius 2 is 1.74 bits per heavy atom. The number of rotatable bonds is 3. The lowest BCUT2D eigenvalue weighted by molar-refractivity contribution is -0.132. The van der Waals surface area contributed by atoms with Crippen molar-refractivity contribution in [3.63, 3.8) is 0 Å². The van der Waals surface area contributed by atoms with E-state index in [-0.39, 0.29) is 4.90 Å². The van der Waals surface area contributed by atoms with Crippen molar-refractivity contribution in [2.75, 3.05) is 0 Å². The summed E-state index contributed by atoms with van der Waals surface area (Å²) in [5.41, 5.74) is 1.20. The van der Waals surface area contributed by atoms with Crippen LogP contribution in [0.5, 0.6) is 0 Å². The predicted octanol–water partition coefficient (Wildman–Crippen LogP) is 2.61. The van der Waals surface area contributed by atoms with E-state index >= 15 is 0 Å². The zero-order valence-corrected chi connectivity index (χ0v) is 11.5. The maximum atomic E-state index is 10.6. The molecular formula is C13H16O5S. The number of allylic oxidation sites excluding steroid dienone is 1. The maximum Gasteiger partial charge on any atom is 0.330 e. The zero-order chi connectivity index (χ0) is 15.1. The molecule has 0 fully saturated rings. The van der Waals surface area contributed by atoms with Gasteiger partial charge in [-0.2, -0.15) is 8.42 Å². The molecule has 0 radical (unpaired) electrons. The van der Waals surface area contributed by atoms with Gasteiger partial charge in [0.15, 0.2) is 0 Å². The fraction of sp³-hybridized carbons (Fsp3) is 0.154. The molecule has 0 saturated heterocycles. The largest absolute Gasteiger partial charge is 0.478 e. The number of hydrogen-bond donors (Lipinski definition) is 2. The summed E-state index contributed by atoms with van der Waals surface area (Å²) in [7, 11) is -4.06. The van der Waals surface area contributed by atoms with Crippen LogP contribution in [0.25, 0.3) is 6.08 Å². The van der Waals surface area contributed by atoms with Gasteiger partial charge in [-0.05, 0) is 31.5 Å². The Hall–Kier alpha value is -1.92. The van der Waals surface area contributed by atoms with Crippen molar-refractivity contribution in [2.45, 2.75) is 18.7 Å². The number of carboxylic acid groups (broad SMARTS) is 1. The van der Waals surface area contributed by atoms with Gasteiger partial charge in [0.25, 0.3) is 10.1 Å². The molecule has 6 heteroatoms. The molecule has 1 rings (SSSR count). The second kappa shape index (κ2) is 7.50. The van der Waals surface area contributed by atoms with Crippen LogP contribution in [-0.4, -0.2) is 24.0 Å². The molecule has 2 N–H and O–H groups in total. The second-order valence-corrected chi connectivity index (χ2v) is 4.95. The topological polar surface area (TPSA) is 91.7 Å². The van der Waals surface area contributed by atoms with Crippen LogP contribution in [0.1, 0.15) is 19.4 Å². The predicted molar refractivity (Wildman–Crippen MR) is 73.4 cm³/mol. The number of aliphatic carboxylic acids is 1. The summed E-state index contributed by atoms with van der Waals surface area (Å²) in [6.07, 6.45) is 3.15. The highest BCUT2D eigenvalue weighted by atomic mass is 32.2. The summed E-state index contributed by atoms with van der Waals surface area (Å²) in [5, 5.41) is 8.11. The van der Waals surface area contributed by atoms with Crippen LogP contribution < -0.4 is 0 Å². The normalized spacial score (nSPS) is 11.2. The minimum atomic E-state index is -4.06. The van der Waals surface area contributed by atoms with Gasteiger partial charge in [0.2, 0.25) is 0 Å². The molecule has 0 heterocycles. The molecule has 104 valence electrons. The van der Waals surface area contributed by atoms with E-state index < -0.39 is 16.1 Å². The Bertz CT molecular complexity index is 568. The van der Waals surface area contributed by atoms with Crippen LogP contribution in [0.3, 0.4) is 0 Å². The van der Waals surface area contributed by atoms with Crippen molar-refractivity contribution in [1.29, 1.82) is 0 Å². The van der Waals surface area contributed by atoms with Gasteiger partial charge in [0.1, 0.15) is 0 Å². The Morgan fingerprint density at radius 1 is 1.26 bits per heavy atom. The Kier molecular flexibility index (Phi) is 6.74. The Morgan fingerprint density at radius 3 is 1.95 bits per heavy atom. The van der Waals surface area contributed by atoms with Crippen molar-refractivity contribution < 1.29 is 22.9 Å². The highest BCUT2D eigenvalue weighted by Crippen LogP contribution is 2.10. The first-order valence-corrected chi connectivity index (χ1v) is 6.72. The highest BCUT2D eigenvalue weighted by molar-refractivity contribution is 7.85. The Labute approximate surface area is 112 Å². The molecule has 0 aliphatic carbocycles. The van der Waals surface area contributed by atoms with E-state index in [0.717, 1.165) is 5.56 Å². The van der Waals surface area contributed by atoms with Crippen LogP contribution in [0, 0.1) is 0 Å². The standard InChI is InChI=1S/C8H8O3S.C5H8O2/c1-2-7-3-5-8(6-4-7)12(9,10)11;1-3-4(2)5(6)7/h2-6H,1H2,(H,9,10,11);3H,1-2H3,(H,6,7)/b;4-3+. The highest BCUT2D eigenvalue weighted by Gasteiger charge is 2.07.